The number of thioether (sulfide) groups is 1. The number of hydrogen-bond acceptors (Lipinski definition) is 5. The van der Waals surface area contributed by atoms with Crippen LogP contribution in [0.25, 0.3) is 0 Å². The third kappa shape index (κ3) is 3.67. The highest BCUT2D eigenvalue weighted by Crippen LogP contribution is 2.31. The molecule has 0 aliphatic rings. The molecule has 0 unspecified atom stereocenters. The van der Waals surface area contributed by atoms with Crippen LogP contribution in [0.2, 0.25) is 0 Å². The van der Waals surface area contributed by atoms with Gasteiger partial charge in [-0.3, -0.25) is 0 Å². The average molecular weight is 256 g/mol. The van der Waals surface area contributed by atoms with Crippen LogP contribution in [0.5, 0.6) is 0 Å². The number of aryl methyl sites for hydroxylation is 1. The van der Waals surface area contributed by atoms with Crippen LogP contribution in [-0.2, 0) is 0 Å². The third-order valence-electron chi connectivity index (χ3n) is 1.77. The predicted molar refractivity (Wildman–Crippen MR) is 52.0 cm³/mol. The van der Waals surface area contributed by atoms with Gasteiger partial charge in [0, 0.05) is 5.75 Å². The van der Waals surface area contributed by atoms with Gasteiger partial charge < -0.3 is 9.63 Å². The summed E-state index contributed by atoms with van der Waals surface area (Å²) in [6.45, 7) is 3.26. The fourth-order valence-electron chi connectivity index (χ4n) is 0.880. The van der Waals surface area contributed by atoms with Gasteiger partial charge in [0.15, 0.2) is 11.9 Å². The molecule has 2 atom stereocenters. The van der Waals surface area contributed by atoms with Crippen molar-refractivity contribution in [1.82, 2.24) is 10.1 Å². The molecular formula is C8H11F3N2O2S. The molecule has 1 rings (SSSR count). The summed E-state index contributed by atoms with van der Waals surface area (Å²) in [6, 6.07) is 0. The molecule has 0 saturated heterocycles. The molecule has 92 valence electrons. The van der Waals surface area contributed by atoms with Gasteiger partial charge in [-0.15, -0.1) is 11.8 Å². The van der Waals surface area contributed by atoms with E-state index < -0.39 is 18.0 Å². The Balaban J connectivity index is 2.44. The Morgan fingerprint density at radius 1 is 1.50 bits per heavy atom. The summed E-state index contributed by atoms with van der Waals surface area (Å²) in [5.41, 5.74) is 0. The predicted octanol–water partition coefficient (Wildman–Crippen LogP) is 2.10. The van der Waals surface area contributed by atoms with Crippen LogP contribution in [0.1, 0.15) is 23.9 Å². The number of aromatic nitrogens is 2. The van der Waals surface area contributed by atoms with Gasteiger partial charge >= 0.3 is 6.18 Å². The van der Waals surface area contributed by atoms with Crippen molar-refractivity contribution in [3.05, 3.63) is 11.7 Å². The molecule has 0 radical (unpaired) electrons. The minimum Gasteiger partial charge on any atom is -0.383 e. The maximum Gasteiger partial charge on any atom is 0.415 e. The first kappa shape index (κ1) is 13.3. The van der Waals surface area contributed by atoms with E-state index in [0.29, 0.717) is 5.82 Å². The minimum atomic E-state index is -4.59. The quantitative estimate of drug-likeness (QED) is 0.893. The van der Waals surface area contributed by atoms with Gasteiger partial charge in [-0.1, -0.05) is 5.16 Å². The molecule has 1 aromatic rings. The van der Waals surface area contributed by atoms with Crippen LogP contribution in [0.15, 0.2) is 4.52 Å². The molecule has 8 heteroatoms. The van der Waals surface area contributed by atoms with Crippen molar-refractivity contribution in [2.45, 2.75) is 31.4 Å². The van der Waals surface area contributed by atoms with E-state index in [2.05, 4.69) is 10.1 Å². The maximum atomic E-state index is 12.0. The first-order chi connectivity index (χ1) is 7.30. The second kappa shape index (κ2) is 5.05. The maximum absolute atomic E-state index is 12.0. The zero-order chi connectivity index (χ0) is 12.3. The van der Waals surface area contributed by atoms with Gasteiger partial charge in [0.05, 0.1) is 5.25 Å². The molecule has 4 nitrogen and oxygen atoms in total. The highest BCUT2D eigenvalue weighted by atomic mass is 32.2. The summed E-state index contributed by atoms with van der Waals surface area (Å²) in [6.07, 6.45) is -6.92. The lowest BCUT2D eigenvalue weighted by Gasteiger charge is -2.15. The highest BCUT2D eigenvalue weighted by Gasteiger charge is 2.38. The van der Waals surface area contributed by atoms with Crippen molar-refractivity contribution >= 4 is 11.8 Å². The number of aliphatic hydroxyl groups excluding tert-OH is 1. The van der Waals surface area contributed by atoms with E-state index in [1.165, 1.54) is 0 Å². The summed E-state index contributed by atoms with van der Waals surface area (Å²) < 4.78 is 40.8. The number of alkyl halides is 3. The number of halogens is 3. The molecule has 0 aliphatic heterocycles. The average Bonchev–Trinajstić information content (AvgIpc) is 2.59. The standard InChI is InChI=1S/C8H11F3N2O2S/c1-4(7-12-5(2)13-15-7)16-3-6(14)8(9,10)11/h4,6,14H,3H2,1-2H3/t4-,6-/m0/s1. The molecule has 0 bridgehead atoms. The zero-order valence-electron chi connectivity index (χ0n) is 8.65. The Hall–Kier alpha value is -0.760. The molecule has 0 saturated carbocycles. The Morgan fingerprint density at radius 2 is 2.12 bits per heavy atom. The molecule has 1 heterocycles. The first-order valence-corrected chi connectivity index (χ1v) is 5.52. The summed E-state index contributed by atoms with van der Waals surface area (Å²) in [4.78, 5) is 3.89. The third-order valence-corrected chi connectivity index (χ3v) is 2.98. The fourth-order valence-corrected chi connectivity index (χ4v) is 1.78. The second-order valence-corrected chi connectivity index (χ2v) is 4.59. The Kier molecular flexibility index (Phi) is 4.20. The van der Waals surface area contributed by atoms with E-state index in [0.717, 1.165) is 11.8 Å². The molecule has 0 fully saturated rings. The lowest BCUT2D eigenvalue weighted by Crippen LogP contribution is -2.30. The fraction of sp³-hybridized carbons (Fsp3) is 0.750. The normalized spacial score (nSPS) is 16.1. The summed E-state index contributed by atoms with van der Waals surface area (Å²) >= 11 is 0.912. The van der Waals surface area contributed by atoms with Gasteiger partial charge in [-0.25, -0.2) is 0 Å². The van der Waals surface area contributed by atoms with Crippen molar-refractivity contribution in [2.24, 2.45) is 0 Å². The van der Waals surface area contributed by atoms with E-state index in [1.54, 1.807) is 13.8 Å². The van der Waals surface area contributed by atoms with Gasteiger partial charge in [-0.2, -0.15) is 18.2 Å². The van der Waals surface area contributed by atoms with Gasteiger partial charge in [0.25, 0.3) is 0 Å². The van der Waals surface area contributed by atoms with Crippen molar-refractivity contribution in [3.63, 3.8) is 0 Å². The van der Waals surface area contributed by atoms with Gasteiger partial charge in [0.2, 0.25) is 5.89 Å². The lowest BCUT2D eigenvalue weighted by atomic mass is 10.4. The molecule has 0 aromatic carbocycles. The van der Waals surface area contributed by atoms with E-state index in [4.69, 9.17) is 9.63 Å². The zero-order valence-corrected chi connectivity index (χ0v) is 9.47. The van der Waals surface area contributed by atoms with Crippen LogP contribution >= 0.6 is 11.8 Å². The molecule has 0 aliphatic carbocycles. The van der Waals surface area contributed by atoms with Crippen LogP contribution in [0.3, 0.4) is 0 Å². The van der Waals surface area contributed by atoms with Gasteiger partial charge in [-0.05, 0) is 13.8 Å². The van der Waals surface area contributed by atoms with E-state index in [9.17, 15) is 13.2 Å². The molecule has 0 spiro atoms. The topological polar surface area (TPSA) is 59.2 Å². The van der Waals surface area contributed by atoms with Crippen molar-refractivity contribution in [1.29, 1.82) is 0 Å². The monoisotopic (exact) mass is 256 g/mol. The minimum absolute atomic E-state index is 0.261. The Morgan fingerprint density at radius 3 is 2.56 bits per heavy atom. The van der Waals surface area contributed by atoms with Crippen molar-refractivity contribution in [2.75, 3.05) is 5.75 Å². The number of nitrogens with zero attached hydrogens (tertiary/aromatic N) is 2. The lowest BCUT2D eigenvalue weighted by molar-refractivity contribution is -0.195. The van der Waals surface area contributed by atoms with Crippen molar-refractivity contribution < 1.29 is 22.8 Å². The SMILES string of the molecule is Cc1noc([C@H](C)SC[C@H](O)C(F)(F)F)n1. The largest absolute Gasteiger partial charge is 0.415 e. The molecular weight excluding hydrogens is 245 g/mol. The van der Waals surface area contributed by atoms with Crippen molar-refractivity contribution in [3.8, 4) is 0 Å². The summed E-state index contributed by atoms with van der Waals surface area (Å²) in [5.74, 6) is 0.238. The van der Waals surface area contributed by atoms with E-state index in [-0.39, 0.29) is 11.1 Å². The van der Waals surface area contributed by atoms with Crippen LogP contribution in [0.4, 0.5) is 13.2 Å². The number of hydrogen-bond donors (Lipinski definition) is 1. The first-order valence-electron chi connectivity index (χ1n) is 4.47. The van der Waals surface area contributed by atoms with E-state index >= 15 is 0 Å². The highest BCUT2D eigenvalue weighted by molar-refractivity contribution is 7.99. The van der Waals surface area contributed by atoms with Crippen LogP contribution in [0, 0.1) is 6.92 Å². The molecule has 16 heavy (non-hydrogen) atoms. The van der Waals surface area contributed by atoms with Crippen LogP contribution in [-0.4, -0.2) is 33.3 Å². The molecule has 1 N–H and O–H groups in total. The molecule has 0 amide bonds. The summed E-state index contributed by atoms with van der Waals surface area (Å²) in [5, 5.41) is 11.9. The second-order valence-electron chi connectivity index (χ2n) is 3.21. The molecule has 1 aromatic heterocycles. The smallest absolute Gasteiger partial charge is 0.383 e. The van der Waals surface area contributed by atoms with E-state index in [1.807, 2.05) is 0 Å². The summed E-state index contributed by atoms with van der Waals surface area (Å²) in [7, 11) is 0. The Labute approximate surface area is 94.2 Å². The van der Waals surface area contributed by atoms with Crippen LogP contribution < -0.4 is 0 Å². The van der Waals surface area contributed by atoms with Gasteiger partial charge in [0.1, 0.15) is 0 Å². The Bertz CT molecular complexity index is 342. The number of aliphatic hydroxyl groups is 1. The number of rotatable bonds is 4.